The van der Waals surface area contributed by atoms with E-state index in [1.807, 2.05) is 31.2 Å². The van der Waals surface area contributed by atoms with Crippen molar-refractivity contribution >= 4 is 6.03 Å². The summed E-state index contributed by atoms with van der Waals surface area (Å²) in [6, 6.07) is 7.85. The van der Waals surface area contributed by atoms with Crippen molar-refractivity contribution in [1.29, 1.82) is 0 Å². The van der Waals surface area contributed by atoms with Crippen LogP contribution in [0.15, 0.2) is 24.3 Å². The molecule has 4 heteroatoms. The number of hydrogen-bond acceptors (Lipinski definition) is 2. The van der Waals surface area contributed by atoms with Gasteiger partial charge >= 0.3 is 6.03 Å². The van der Waals surface area contributed by atoms with E-state index in [4.69, 9.17) is 4.74 Å². The van der Waals surface area contributed by atoms with Crippen LogP contribution in [0.2, 0.25) is 0 Å². The summed E-state index contributed by atoms with van der Waals surface area (Å²) in [4.78, 5) is 11.8. The summed E-state index contributed by atoms with van der Waals surface area (Å²) in [5.74, 6) is 1.76. The minimum atomic E-state index is -0.135. The summed E-state index contributed by atoms with van der Waals surface area (Å²) in [5, 5.41) is 5.79. The summed E-state index contributed by atoms with van der Waals surface area (Å²) in [5.41, 5.74) is 1.03. The van der Waals surface area contributed by atoms with Gasteiger partial charge in [0.1, 0.15) is 5.75 Å². The van der Waals surface area contributed by atoms with Gasteiger partial charge in [-0.25, -0.2) is 4.79 Å². The van der Waals surface area contributed by atoms with E-state index in [1.165, 1.54) is 0 Å². The SMILES string of the molecule is CC(C)COc1cccc(CNC(=O)NC(C)C(C)C)c1. The van der Waals surface area contributed by atoms with Crippen LogP contribution < -0.4 is 15.4 Å². The number of benzene rings is 1. The molecule has 0 aliphatic heterocycles. The molecule has 0 spiro atoms. The minimum Gasteiger partial charge on any atom is -0.493 e. The molecule has 1 aromatic rings. The van der Waals surface area contributed by atoms with Gasteiger partial charge in [0, 0.05) is 12.6 Å². The van der Waals surface area contributed by atoms with E-state index in [0.717, 1.165) is 11.3 Å². The summed E-state index contributed by atoms with van der Waals surface area (Å²) in [7, 11) is 0. The van der Waals surface area contributed by atoms with Gasteiger partial charge in [-0.3, -0.25) is 0 Å². The van der Waals surface area contributed by atoms with Gasteiger partial charge in [0.25, 0.3) is 0 Å². The third kappa shape index (κ3) is 7.02. The van der Waals surface area contributed by atoms with E-state index in [9.17, 15) is 4.79 Å². The van der Waals surface area contributed by atoms with Gasteiger partial charge in [-0.2, -0.15) is 0 Å². The quantitative estimate of drug-likeness (QED) is 0.807. The highest BCUT2D eigenvalue weighted by Gasteiger charge is 2.10. The van der Waals surface area contributed by atoms with E-state index >= 15 is 0 Å². The average Bonchev–Trinajstić information content (AvgIpc) is 2.43. The van der Waals surface area contributed by atoms with E-state index in [0.29, 0.717) is 25.0 Å². The molecule has 1 rings (SSSR count). The fourth-order valence-electron chi connectivity index (χ4n) is 1.61. The van der Waals surface area contributed by atoms with Crippen molar-refractivity contribution in [3.8, 4) is 5.75 Å². The highest BCUT2D eigenvalue weighted by molar-refractivity contribution is 5.74. The van der Waals surface area contributed by atoms with E-state index < -0.39 is 0 Å². The van der Waals surface area contributed by atoms with Crippen LogP contribution in [-0.2, 0) is 6.54 Å². The fraction of sp³-hybridized carbons (Fsp3) is 0.588. The lowest BCUT2D eigenvalue weighted by atomic mass is 10.1. The van der Waals surface area contributed by atoms with Crippen LogP contribution in [-0.4, -0.2) is 18.7 Å². The molecule has 1 aromatic carbocycles. The Morgan fingerprint density at radius 3 is 2.52 bits per heavy atom. The van der Waals surface area contributed by atoms with E-state index in [2.05, 4.69) is 38.3 Å². The minimum absolute atomic E-state index is 0.135. The van der Waals surface area contributed by atoms with Gasteiger partial charge in [-0.1, -0.05) is 39.8 Å². The average molecular weight is 292 g/mol. The lowest BCUT2D eigenvalue weighted by Crippen LogP contribution is -2.42. The number of carbonyl (C=O) groups is 1. The molecule has 118 valence electrons. The second-order valence-corrected chi connectivity index (χ2v) is 6.21. The van der Waals surface area contributed by atoms with Gasteiger partial charge in [-0.15, -0.1) is 0 Å². The molecule has 21 heavy (non-hydrogen) atoms. The molecule has 2 N–H and O–H groups in total. The molecule has 0 fully saturated rings. The van der Waals surface area contributed by atoms with Crippen LogP contribution in [0.4, 0.5) is 4.79 Å². The fourth-order valence-corrected chi connectivity index (χ4v) is 1.61. The Morgan fingerprint density at radius 1 is 1.19 bits per heavy atom. The smallest absolute Gasteiger partial charge is 0.315 e. The second kappa shape index (κ2) is 8.55. The van der Waals surface area contributed by atoms with Crippen LogP contribution in [0.3, 0.4) is 0 Å². The highest BCUT2D eigenvalue weighted by Crippen LogP contribution is 2.14. The molecule has 0 bridgehead atoms. The van der Waals surface area contributed by atoms with Crippen LogP contribution >= 0.6 is 0 Å². The maximum atomic E-state index is 11.8. The van der Waals surface area contributed by atoms with Gasteiger partial charge in [0.2, 0.25) is 0 Å². The molecule has 1 unspecified atom stereocenters. The van der Waals surface area contributed by atoms with Crippen LogP contribution in [0.5, 0.6) is 5.75 Å². The Balaban J connectivity index is 2.44. The summed E-state index contributed by atoms with van der Waals surface area (Å²) < 4.78 is 5.68. The number of amides is 2. The molecule has 0 saturated carbocycles. The Hall–Kier alpha value is -1.71. The first-order valence-electron chi connectivity index (χ1n) is 7.64. The lowest BCUT2D eigenvalue weighted by Gasteiger charge is -2.18. The van der Waals surface area contributed by atoms with E-state index in [-0.39, 0.29) is 12.1 Å². The van der Waals surface area contributed by atoms with Crippen LogP contribution in [0.1, 0.15) is 40.2 Å². The summed E-state index contributed by atoms with van der Waals surface area (Å²) in [6.07, 6.45) is 0. The maximum absolute atomic E-state index is 11.8. The predicted molar refractivity (Wildman–Crippen MR) is 86.4 cm³/mol. The zero-order valence-electron chi connectivity index (χ0n) is 13.8. The number of hydrogen-bond donors (Lipinski definition) is 2. The first kappa shape index (κ1) is 17.3. The number of nitrogens with one attached hydrogen (secondary N) is 2. The van der Waals surface area contributed by atoms with Gasteiger partial charge in [0.05, 0.1) is 6.61 Å². The molecule has 2 amide bonds. The summed E-state index contributed by atoms with van der Waals surface area (Å²) in [6.45, 7) is 11.6. The highest BCUT2D eigenvalue weighted by atomic mass is 16.5. The molecule has 0 aliphatic carbocycles. The molecule has 0 aliphatic rings. The Kier molecular flexibility index (Phi) is 7.06. The van der Waals surface area contributed by atoms with Gasteiger partial charge in [-0.05, 0) is 36.5 Å². The Bertz CT molecular complexity index is 444. The molecule has 0 aromatic heterocycles. The molecule has 0 radical (unpaired) electrons. The standard InChI is InChI=1S/C17H28N2O2/c1-12(2)11-21-16-8-6-7-15(9-16)10-18-17(20)19-14(5)13(3)4/h6-9,12-14H,10-11H2,1-5H3,(H2,18,19,20). The molecular formula is C17H28N2O2. The van der Waals surface area contributed by atoms with Crippen molar-refractivity contribution in [2.45, 2.75) is 47.2 Å². The molecule has 1 atom stereocenters. The van der Waals surface area contributed by atoms with Crippen LogP contribution in [0.25, 0.3) is 0 Å². The largest absolute Gasteiger partial charge is 0.493 e. The molecular weight excluding hydrogens is 264 g/mol. The molecule has 0 saturated heterocycles. The predicted octanol–water partition coefficient (Wildman–Crippen LogP) is 3.57. The van der Waals surface area contributed by atoms with Crippen LogP contribution in [0, 0.1) is 11.8 Å². The maximum Gasteiger partial charge on any atom is 0.315 e. The third-order valence-corrected chi connectivity index (χ3v) is 3.29. The molecule has 4 nitrogen and oxygen atoms in total. The molecule has 0 heterocycles. The van der Waals surface area contributed by atoms with Crippen molar-refractivity contribution in [1.82, 2.24) is 10.6 Å². The van der Waals surface area contributed by atoms with Crippen molar-refractivity contribution in [3.63, 3.8) is 0 Å². The van der Waals surface area contributed by atoms with Gasteiger partial charge < -0.3 is 15.4 Å². The lowest BCUT2D eigenvalue weighted by molar-refractivity contribution is 0.234. The number of carbonyl (C=O) groups excluding carboxylic acids is 1. The number of ether oxygens (including phenoxy) is 1. The topological polar surface area (TPSA) is 50.4 Å². The van der Waals surface area contributed by atoms with Crippen molar-refractivity contribution in [3.05, 3.63) is 29.8 Å². The normalized spacial score (nSPS) is 12.3. The first-order valence-corrected chi connectivity index (χ1v) is 7.64. The number of rotatable bonds is 7. The monoisotopic (exact) mass is 292 g/mol. The Labute approximate surface area is 128 Å². The van der Waals surface area contributed by atoms with Crippen molar-refractivity contribution < 1.29 is 9.53 Å². The van der Waals surface area contributed by atoms with E-state index in [1.54, 1.807) is 0 Å². The van der Waals surface area contributed by atoms with Crippen molar-refractivity contribution in [2.24, 2.45) is 11.8 Å². The second-order valence-electron chi connectivity index (χ2n) is 6.21. The van der Waals surface area contributed by atoms with Gasteiger partial charge in [0.15, 0.2) is 0 Å². The first-order chi connectivity index (χ1) is 9.88. The number of urea groups is 1. The zero-order valence-corrected chi connectivity index (χ0v) is 13.8. The third-order valence-electron chi connectivity index (χ3n) is 3.29. The zero-order chi connectivity index (χ0) is 15.8. The summed E-state index contributed by atoms with van der Waals surface area (Å²) >= 11 is 0. The van der Waals surface area contributed by atoms with Crippen molar-refractivity contribution in [2.75, 3.05) is 6.61 Å². The Morgan fingerprint density at radius 2 is 1.90 bits per heavy atom.